The molecule has 1 aromatic heterocycles. The monoisotopic (exact) mass is 436 g/mol. The second-order valence-corrected chi connectivity index (χ2v) is 8.29. The van der Waals surface area contributed by atoms with E-state index in [9.17, 15) is 9.90 Å². The lowest BCUT2D eigenvalue weighted by atomic mass is 10.1. The zero-order valence-electron chi connectivity index (χ0n) is 18.3. The van der Waals surface area contributed by atoms with Gasteiger partial charge in [-0.1, -0.05) is 23.4 Å². The highest BCUT2D eigenvalue weighted by atomic mass is 32.2. The molecule has 0 aliphatic carbocycles. The largest absolute Gasteiger partial charge is 0.507 e. The molecule has 0 bridgehead atoms. The number of aromatic hydroxyl groups is 1. The average Bonchev–Trinajstić information content (AvgIpc) is 2.75. The van der Waals surface area contributed by atoms with E-state index in [1.54, 1.807) is 12.1 Å². The quantitative estimate of drug-likeness (QED) is 0.305. The van der Waals surface area contributed by atoms with Crippen molar-refractivity contribution >= 4 is 40.5 Å². The summed E-state index contributed by atoms with van der Waals surface area (Å²) in [6.45, 7) is 9.98. The molecule has 0 radical (unpaired) electrons. The molecule has 3 aromatic rings. The van der Waals surface area contributed by atoms with Crippen molar-refractivity contribution in [3.63, 3.8) is 0 Å². The fourth-order valence-electron chi connectivity index (χ4n) is 3.32. The Bertz CT molecular complexity index is 1110. The highest BCUT2D eigenvalue weighted by molar-refractivity contribution is 7.99. The summed E-state index contributed by atoms with van der Waals surface area (Å²) in [6, 6.07) is 13.6. The van der Waals surface area contributed by atoms with Crippen LogP contribution in [0.15, 0.2) is 52.6 Å². The number of pyridine rings is 1. The molecule has 7 heteroatoms. The van der Waals surface area contributed by atoms with E-state index in [0.29, 0.717) is 5.56 Å². The number of aromatic nitrogens is 1. The van der Waals surface area contributed by atoms with Gasteiger partial charge in [0, 0.05) is 35.8 Å². The molecular weight excluding hydrogens is 408 g/mol. The summed E-state index contributed by atoms with van der Waals surface area (Å²) in [5.74, 6) is 0.0976. The lowest BCUT2D eigenvalue weighted by Crippen LogP contribution is -2.21. The van der Waals surface area contributed by atoms with Crippen molar-refractivity contribution in [3.05, 3.63) is 59.2 Å². The number of carbonyl (C=O) groups is 1. The molecule has 0 atom stereocenters. The van der Waals surface area contributed by atoms with Gasteiger partial charge in [0.05, 0.1) is 22.5 Å². The van der Waals surface area contributed by atoms with E-state index in [-0.39, 0.29) is 17.4 Å². The van der Waals surface area contributed by atoms with E-state index in [1.807, 2.05) is 24.3 Å². The molecule has 1 heterocycles. The number of rotatable bonds is 8. The molecule has 0 fully saturated rings. The lowest BCUT2D eigenvalue weighted by molar-refractivity contribution is -0.118. The van der Waals surface area contributed by atoms with Gasteiger partial charge in [-0.25, -0.2) is 10.4 Å². The van der Waals surface area contributed by atoms with Crippen LogP contribution in [0.1, 0.15) is 30.5 Å². The van der Waals surface area contributed by atoms with Crippen molar-refractivity contribution in [2.45, 2.75) is 32.7 Å². The van der Waals surface area contributed by atoms with Crippen molar-refractivity contribution in [1.29, 1.82) is 0 Å². The lowest BCUT2D eigenvalue weighted by Gasteiger charge is -2.21. The number of phenolic OH excluding ortho intramolecular Hbond substituents is 1. The number of phenols is 1. The maximum absolute atomic E-state index is 12.2. The predicted molar refractivity (Wildman–Crippen MR) is 129 cm³/mol. The zero-order valence-corrected chi connectivity index (χ0v) is 19.2. The standard InChI is InChI=1S/C24H28N4O2S/c1-5-28(6-2)19-9-8-18(22(29)13-19)14-25-27-23(30)15-31-24-12-17(4)20-11-16(3)7-10-21(20)26-24/h7-14,29H,5-6,15H2,1-4H3,(H,27,30)/b25-14-. The topological polar surface area (TPSA) is 77.8 Å². The van der Waals surface area contributed by atoms with E-state index in [2.05, 4.69) is 54.2 Å². The fraction of sp³-hybridized carbons (Fsp3) is 0.292. The number of anilines is 1. The molecule has 3 rings (SSSR count). The SMILES string of the molecule is CCN(CC)c1ccc(/C=N\NC(=O)CSc2cc(C)c3cc(C)ccc3n2)c(O)c1. The van der Waals surface area contributed by atoms with Gasteiger partial charge in [0.1, 0.15) is 5.75 Å². The highest BCUT2D eigenvalue weighted by Gasteiger charge is 2.08. The first-order valence-corrected chi connectivity index (χ1v) is 11.3. The van der Waals surface area contributed by atoms with Crippen molar-refractivity contribution in [3.8, 4) is 5.75 Å². The van der Waals surface area contributed by atoms with Crippen LogP contribution in [-0.2, 0) is 4.79 Å². The number of amides is 1. The van der Waals surface area contributed by atoms with Crippen LogP contribution in [0, 0.1) is 13.8 Å². The first-order valence-electron chi connectivity index (χ1n) is 10.3. The minimum atomic E-state index is -0.232. The van der Waals surface area contributed by atoms with Crippen molar-refractivity contribution < 1.29 is 9.90 Å². The van der Waals surface area contributed by atoms with Gasteiger partial charge in [-0.05, 0) is 63.6 Å². The Labute approximate surface area is 187 Å². The molecule has 2 aromatic carbocycles. The van der Waals surface area contributed by atoms with Gasteiger partial charge < -0.3 is 10.0 Å². The van der Waals surface area contributed by atoms with E-state index in [4.69, 9.17) is 0 Å². The van der Waals surface area contributed by atoms with Crippen LogP contribution in [0.3, 0.4) is 0 Å². The molecule has 0 spiro atoms. The smallest absolute Gasteiger partial charge is 0.250 e. The number of benzene rings is 2. The number of hydrogen-bond acceptors (Lipinski definition) is 6. The van der Waals surface area contributed by atoms with Crippen molar-refractivity contribution in [2.75, 3.05) is 23.7 Å². The van der Waals surface area contributed by atoms with Gasteiger partial charge in [-0.3, -0.25) is 4.79 Å². The summed E-state index contributed by atoms with van der Waals surface area (Å²) in [5.41, 5.74) is 7.27. The molecule has 0 saturated carbocycles. The van der Waals surface area contributed by atoms with E-state index >= 15 is 0 Å². The molecule has 1 amide bonds. The van der Waals surface area contributed by atoms with Gasteiger partial charge >= 0.3 is 0 Å². The number of nitrogens with one attached hydrogen (secondary N) is 1. The van der Waals surface area contributed by atoms with E-state index in [1.165, 1.54) is 23.5 Å². The molecule has 162 valence electrons. The number of hydrazone groups is 1. The number of thioether (sulfide) groups is 1. The Morgan fingerprint density at radius 3 is 2.65 bits per heavy atom. The molecule has 0 aliphatic heterocycles. The van der Waals surface area contributed by atoms with Gasteiger partial charge in [-0.2, -0.15) is 5.10 Å². The van der Waals surface area contributed by atoms with Crippen LogP contribution < -0.4 is 10.3 Å². The average molecular weight is 437 g/mol. The zero-order chi connectivity index (χ0) is 22.4. The van der Waals surface area contributed by atoms with Gasteiger partial charge in [0.25, 0.3) is 0 Å². The molecular formula is C24H28N4O2S. The van der Waals surface area contributed by atoms with Crippen molar-refractivity contribution in [2.24, 2.45) is 5.10 Å². The first-order chi connectivity index (χ1) is 14.9. The van der Waals surface area contributed by atoms with Crippen molar-refractivity contribution in [1.82, 2.24) is 10.4 Å². The van der Waals surface area contributed by atoms with E-state index in [0.717, 1.165) is 40.3 Å². The maximum Gasteiger partial charge on any atom is 0.250 e. The third-order valence-electron chi connectivity index (χ3n) is 5.03. The fourth-order valence-corrected chi connectivity index (χ4v) is 4.09. The molecule has 2 N–H and O–H groups in total. The Morgan fingerprint density at radius 2 is 1.94 bits per heavy atom. The molecule has 0 unspecified atom stereocenters. The Balaban J connectivity index is 1.57. The summed E-state index contributed by atoms with van der Waals surface area (Å²) in [6.07, 6.45) is 1.45. The number of carbonyl (C=O) groups excluding carboxylic acids is 1. The summed E-state index contributed by atoms with van der Waals surface area (Å²) < 4.78 is 0. The molecule has 0 saturated heterocycles. The van der Waals surface area contributed by atoms with E-state index < -0.39 is 0 Å². The highest BCUT2D eigenvalue weighted by Crippen LogP contribution is 2.25. The van der Waals surface area contributed by atoms with Gasteiger partial charge in [-0.15, -0.1) is 0 Å². The molecule has 31 heavy (non-hydrogen) atoms. The van der Waals surface area contributed by atoms with Gasteiger partial charge in [0.15, 0.2) is 0 Å². The predicted octanol–water partition coefficient (Wildman–Crippen LogP) is 4.65. The maximum atomic E-state index is 12.2. The van der Waals surface area contributed by atoms with Crippen LogP contribution in [0.25, 0.3) is 10.9 Å². The molecule has 0 aliphatic rings. The minimum Gasteiger partial charge on any atom is -0.507 e. The van der Waals surface area contributed by atoms with Gasteiger partial charge in [0.2, 0.25) is 5.91 Å². The Morgan fingerprint density at radius 1 is 1.16 bits per heavy atom. The summed E-state index contributed by atoms with van der Waals surface area (Å²) >= 11 is 1.37. The summed E-state index contributed by atoms with van der Waals surface area (Å²) in [5, 5.41) is 16.1. The number of fused-ring (bicyclic) bond motifs is 1. The Kier molecular flexibility index (Phi) is 7.52. The number of hydrogen-bond donors (Lipinski definition) is 2. The molecule has 6 nitrogen and oxygen atoms in total. The minimum absolute atomic E-state index is 0.128. The number of nitrogens with zero attached hydrogens (tertiary/aromatic N) is 3. The second-order valence-electron chi connectivity index (χ2n) is 7.30. The third kappa shape index (κ3) is 5.76. The number of aryl methyl sites for hydroxylation is 2. The second kappa shape index (κ2) is 10.3. The Hall–Kier alpha value is -3.06. The van der Waals surface area contributed by atoms with Crippen LogP contribution in [0.2, 0.25) is 0 Å². The summed E-state index contributed by atoms with van der Waals surface area (Å²) in [7, 11) is 0. The first kappa shape index (κ1) is 22.6. The third-order valence-corrected chi connectivity index (χ3v) is 5.95. The van der Waals surface area contributed by atoms with Crippen LogP contribution in [0.5, 0.6) is 5.75 Å². The summed E-state index contributed by atoms with van der Waals surface area (Å²) in [4.78, 5) is 18.9. The van der Waals surface area contributed by atoms with Crippen LogP contribution in [-0.4, -0.2) is 41.1 Å². The van der Waals surface area contributed by atoms with Crippen LogP contribution in [0.4, 0.5) is 5.69 Å². The normalized spacial score (nSPS) is 11.2. The van der Waals surface area contributed by atoms with Crippen LogP contribution >= 0.6 is 11.8 Å².